The van der Waals surface area contributed by atoms with Crippen LogP contribution in [0.25, 0.3) is 0 Å². The smallest absolute Gasteiger partial charge is 0.303 e. The number of carboxylic acids is 1. The first kappa shape index (κ1) is 13.8. The monoisotopic (exact) mass is 260 g/mol. The Balaban J connectivity index is 2.07. The number of thioether (sulfide) groups is 1. The van der Waals surface area contributed by atoms with Crippen molar-refractivity contribution >= 4 is 29.5 Å². The molecule has 0 unspecified atom stereocenters. The highest BCUT2D eigenvalue weighted by molar-refractivity contribution is 7.99. The van der Waals surface area contributed by atoms with Gasteiger partial charge in [-0.1, -0.05) is 0 Å². The van der Waals surface area contributed by atoms with E-state index < -0.39 is 5.97 Å². The third kappa shape index (κ3) is 5.08. The van der Waals surface area contributed by atoms with E-state index in [0.717, 1.165) is 0 Å². The molecule has 0 aromatic carbocycles. The molecular weight excluding hydrogens is 244 g/mol. The highest BCUT2D eigenvalue weighted by Crippen LogP contribution is 2.20. The van der Waals surface area contributed by atoms with Gasteiger partial charge in [0.25, 0.3) is 0 Å². The zero-order valence-electron chi connectivity index (χ0n) is 9.42. The van der Waals surface area contributed by atoms with Crippen LogP contribution in [0.15, 0.2) is 0 Å². The minimum absolute atomic E-state index is 0.0172. The molecule has 0 spiro atoms. The van der Waals surface area contributed by atoms with Gasteiger partial charge >= 0.3 is 5.97 Å². The average Bonchev–Trinajstić information content (AvgIpc) is 2.16. The Kier molecular flexibility index (Phi) is 5.27. The number of nitrogens with two attached hydrogens (primary N) is 1. The van der Waals surface area contributed by atoms with Crippen LogP contribution in [-0.2, 0) is 14.4 Å². The van der Waals surface area contributed by atoms with Crippen molar-refractivity contribution in [2.75, 3.05) is 24.6 Å². The van der Waals surface area contributed by atoms with E-state index in [-0.39, 0.29) is 29.9 Å². The van der Waals surface area contributed by atoms with Crippen LogP contribution in [0.5, 0.6) is 0 Å². The summed E-state index contributed by atoms with van der Waals surface area (Å²) in [7, 11) is 0. The Morgan fingerprint density at radius 2 is 2.00 bits per heavy atom. The molecule has 0 aromatic rings. The van der Waals surface area contributed by atoms with E-state index in [0.29, 0.717) is 25.3 Å². The van der Waals surface area contributed by atoms with E-state index in [2.05, 4.69) is 0 Å². The summed E-state index contributed by atoms with van der Waals surface area (Å²) in [5.41, 5.74) is 4.96. The molecule has 0 radical (unpaired) electrons. The second-order valence-electron chi connectivity index (χ2n) is 4.03. The van der Waals surface area contributed by atoms with Gasteiger partial charge in [-0.2, -0.15) is 11.8 Å². The lowest BCUT2D eigenvalue weighted by atomic mass is 9.96. The standard InChI is InChI=1S/C10H16N2O4S/c11-8(13)6-17-2-1-9(14)12-4-7(5-12)3-10(15)16/h7H,1-6H2,(H2,11,13)(H,15,16). The summed E-state index contributed by atoms with van der Waals surface area (Å²) in [6, 6.07) is 0. The molecule has 1 heterocycles. The largest absolute Gasteiger partial charge is 0.481 e. The molecule has 0 saturated carbocycles. The number of amides is 2. The Bertz CT molecular complexity index is 315. The van der Waals surface area contributed by atoms with Crippen molar-refractivity contribution in [3.8, 4) is 0 Å². The summed E-state index contributed by atoms with van der Waals surface area (Å²) in [5.74, 6) is -0.290. The second-order valence-corrected chi connectivity index (χ2v) is 5.14. The lowest BCUT2D eigenvalue weighted by molar-refractivity contribution is -0.144. The van der Waals surface area contributed by atoms with Gasteiger partial charge in [0.2, 0.25) is 11.8 Å². The molecule has 1 aliphatic heterocycles. The van der Waals surface area contributed by atoms with E-state index in [1.54, 1.807) is 4.90 Å². The SMILES string of the molecule is NC(=O)CSCCC(=O)N1CC(CC(=O)O)C1. The molecule has 7 heteroatoms. The molecule has 1 fully saturated rings. The van der Waals surface area contributed by atoms with E-state index in [9.17, 15) is 14.4 Å². The summed E-state index contributed by atoms with van der Waals surface area (Å²) in [6.45, 7) is 1.07. The zero-order chi connectivity index (χ0) is 12.8. The molecule has 0 atom stereocenters. The molecule has 2 amide bonds. The van der Waals surface area contributed by atoms with Crippen LogP contribution in [0.1, 0.15) is 12.8 Å². The minimum atomic E-state index is -0.820. The summed E-state index contributed by atoms with van der Waals surface area (Å²) < 4.78 is 0. The predicted molar refractivity (Wildman–Crippen MR) is 63.5 cm³/mol. The molecule has 96 valence electrons. The predicted octanol–water partition coefficient (Wildman–Crippen LogP) is -0.472. The number of likely N-dealkylation sites (tertiary alicyclic amines) is 1. The fourth-order valence-electron chi connectivity index (χ4n) is 1.64. The van der Waals surface area contributed by atoms with Gasteiger partial charge in [0.05, 0.1) is 12.2 Å². The van der Waals surface area contributed by atoms with Crippen molar-refractivity contribution < 1.29 is 19.5 Å². The Labute approximate surface area is 104 Å². The molecule has 0 bridgehead atoms. The third-order valence-corrected chi connectivity index (χ3v) is 3.46. The Morgan fingerprint density at radius 3 is 2.53 bits per heavy atom. The van der Waals surface area contributed by atoms with E-state index in [1.165, 1.54) is 11.8 Å². The number of carboxylic acid groups (broad SMARTS) is 1. The van der Waals surface area contributed by atoms with Crippen molar-refractivity contribution in [1.29, 1.82) is 0 Å². The number of rotatable bonds is 7. The number of hydrogen-bond acceptors (Lipinski definition) is 4. The topological polar surface area (TPSA) is 101 Å². The van der Waals surface area contributed by atoms with Crippen LogP contribution >= 0.6 is 11.8 Å². The highest BCUT2D eigenvalue weighted by Gasteiger charge is 2.31. The van der Waals surface area contributed by atoms with Crippen molar-refractivity contribution in [3.05, 3.63) is 0 Å². The van der Waals surface area contributed by atoms with Gasteiger partial charge in [0.15, 0.2) is 0 Å². The fourth-order valence-corrected chi connectivity index (χ4v) is 2.30. The lowest BCUT2D eigenvalue weighted by Crippen LogP contribution is -2.50. The first-order valence-electron chi connectivity index (χ1n) is 5.34. The highest BCUT2D eigenvalue weighted by atomic mass is 32.2. The number of hydrogen-bond donors (Lipinski definition) is 2. The van der Waals surface area contributed by atoms with Crippen LogP contribution in [0.4, 0.5) is 0 Å². The minimum Gasteiger partial charge on any atom is -0.481 e. The van der Waals surface area contributed by atoms with Crippen LogP contribution in [0.2, 0.25) is 0 Å². The molecular formula is C10H16N2O4S. The van der Waals surface area contributed by atoms with E-state index in [1.807, 2.05) is 0 Å². The van der Waals surface area contributed by atoms with Gasteiger partial charge in [-0.05, 0) is 0 Å². The van der Waals surface area contributed by atoms with Crippen molar-refractivity contribution in [2.24, 2.45) is 11.7 Å². The molecule has 17 heavy (non-hydrogen) atoms. The first-order valence-corrected chi connectivity index (χ1v) is 6.50. The second kappa shape index (κ2) is 6.48. The number of aliphatic carboxylic acids is 1. The molecule has 6 nitrogen and oxygen atoms in total. The first-order chi connectivity index (χ1) is 7.99. The van der Waals surface area contributed by atoms with Crippen LogP contribution < -0.4 is 5.73 Å². The van der Waals surface area contributed by atoms with Gasteiger partial charge < -0.3 is 15.7 Å². The maximum atomic E-state index is 11.6. The molecule has 0 aromatic heterocycles. The van der Waals surface area contributed by atoms with Gasteiger partial charge in [0, 0.05) is 31.2 Å². The number of carbonyl (C=O) groups excluding carboxylic acids is 2. The van der Waals surface area contributed by atoms with Gasteiger partial charge in [-0.25, -0.2) is 0 Å². The molecule has 0 aliphatic carbocycles. The average molecular weight is 260 g/mol. The molecule has 1 saturated heterocycles. The Hall–Kier alpha value is -1.24. The van der Waals surface area contributed by atoms with Crippen LogP contribution in [0.3, 0.4) is 0 Å². The Morgan fingerprint density at radius 1 is 1.35 bits per heavy atom. The molecule has 1 rings (SSSR count). The maximum Gasteiger partial charge on any atom is 0.303 e. The zero-order valence-corrected chi connectivity index (χ0v) is 10.2. The van der Waals surface area contributed by atoms with E-state index >= 15 is 0 Å². The number of nitrogens with zero attached hydrogens (tertiary/aromatic N) is 1. The number of primary amides is 1. The van der Waals surface area contributed by atoms with Crippen LogP contribution in [0, 0.1) is 5.92 Å². The van der Waals surface area contributed by atoms with E-state index in [4.69, 9.17) is 10.8 Å². The fraction of sp³-hybridized carbons (Fsp3) is 0.700. The quantitative estimate of drug-likeness (QED) is 0.603. The van der Waals surface area contributed by atoms with Crippen molar-refractivity contribution in [2.45, 2.75) is 12.8 Å². The van der Waals surface area contributed by atoms with Crippen molar-refractivity contribution in [3.63, 3.8) is 0 Å². The lowest BCUT2D eigenvalue weighted by Gasteiger charge is -2.38. The summed E-state index contributed by atoms with van der Waals surface area (Å²) in [5, 5.41) is 8.55. The summed E-state index contributed by atoms with van der Waals surface area (Å²) in [4.78, 5) is 34.0. The third-order valence-electron chi connectivity index (χ3n) is 2.48. The van der Waals surface area contributed by atoms with Gasteiger partial charge in [-0.3, -0.25) is 14.4 Å². The summed E-state index contributed by atoms with van der Waals surface area (Å²) >= 11 is 1.34. The maximum absolute atomic E-state index is 11.6. The molecule has 3 N–H and O–H groups in total. The normalized spacial score (nSPS) is 15.4. The van der Waals surface area contributed by atoms with Gasteiger partial charge in [0.1, 0.15) is 0 Å². The number of carbonyl (C=O) groups is 3. The van der Waals surface area contributed by atoms with Crippen LogP contribution in [-0.4, -0.2) is 52.4 Å². The van der Waals surface area contributed by atoms with Crippen molar-refractivity contribution in [1.82, 2.24) is 4.90 Å². The molecule has 1 aliphatic rings. The summed E-state index contributed by atoms with van der Waals surface area (Å²) in [6.07, 6.45) is 0.498. The van der Waals surface area contributed by atoms with Gasteiger partial charge in [-0.15, -0.1) is 0 Å².